The van der Waals surface area contributed by atoms with Crippen LogP contribution >= 0.6 is 22.9 Å². The van der Waals surface area contributed by atoms with Gasteiger partial charge in [-0.2, -0.15) is 0 Å². The highest BCUT2D eigenvalue weighted by atomic mass is 35.5. The van der Waals surface area contributed by atoms with Gasteiger partial charge >= 0.3 is 0 Å². The SMILES string of the molecule is Cc1sc2c(c1C)C(c1ccc(Cl)cc1)=N[C@@H](CC(=O)N1CCC(CN3CC(C)N(c4cc5c(cc4F)C(=O)N(C4CCC(=O)NC4=O)C5=O)C(C)C3)CC1)c1nnc(C)n1-2. The molecule has 4 atom stereocenters. The molecule has 0 spiro atoms. The van der Waals surface area contributed by atoms with Crippen LogP contribution < -0.4 is 10.2 Å². The number of carbonyl (C=O) groups excluding carboxylic acids is 5. The number of fused-ring (bicyclic) bond motifs is 4. The van der Waals surface area contributed by atoms with Crippen LogP contribution in [0.5, 0.6) is 0 Å². The Balaban J connectivity index is 0.847. The molecule has 5 aliphatic heterocycles. The van der Waals surface area contributed by atoms with Crippen molar-refractivity contribution in [1.29, 1.82) is 0 Å². The number of aryl methyl sites for hydroxylation is 2. The number of hydrogen-bond donors (Lipinski definition) is 1. The zero-order valence-corrected chi connectivity index (χ0v) is 36.3. The Morgan fingerprint density at radius 3 is 2.28 bits per heavy atom. The van der Waals surface area contributed by atoms with E-state index in [1.165, 1.54) is 10.9 Å². The van der Waals surface area contributed by atoms with Gasteiger partial charge in [0.15, 0.2) is 5.82 Å². The lowest BCUT2D eigenvalue weighted by atomic mass is 9.94. The molecule has 9 rings (SSSR count). The topological polar surface area (TPSA) is 153 Å². The first-order chi connectivity index (χ1) is 29.2. The lowest BCUT2D eigenvalue weighted by Crippen LogP contribution is -2.58. The lowest BCUT2D eigenvalue weighted by Gasteiger charge is -2.47. The standard InChI is InChI=1S/C44H47ClFN9O5S/c1-22-19-51(20-23(2)53(22)35-17-31-30(16-32(35)46)42(59)55(43(31)60)34-10-11-36(56)48-41(34)58)21-27-12-14-52(15-13-27)37(57)18-33-40-50-49-26(5)54(40)44-38(24(3)25(4)61-44)39(47-33)28-6-8-29(45)9-7-28/h6-9,16-17,22-23,27,33-34H,10-15,18-21H2,1-5H3,(H,48,56,58)/t22?,23?,33-,34?/m0/s1. The Kier molecular flexibility index (Phi) is 10.7. The van der Waals surface area contributed by atoms with Crippen LogP contribution in [-0.2, 0) is 14.4 Å². The van der Waals surface area contributed by atoms with Gasteiger partial charge in [0, 0.05) is 72.3 Å². The van der Waals surface area contributed by atoms with Crippen molar-refractivity contribution in [2.24, 2.45) is 10.9 Å². The van der Waals surface area contributed by atoms with Gasteiger partial charge in [0.1, 0.15) is 28.7 Å². The first-order valence-electron chi connectivity index (χ1n) is 20.9. The van der Waals surface area contributed by atoms with E-state index in [9.17, 15) is 24.0 Å². The minimum absolute atomic E-state index is 0.00510. The Morgan fingerprint density at radius 1 is 0.934 bits per heavy atom. The van der Waals surface area contributed by atoms with Gasteiger partial charge in [-0.3, -0.25) is 48.6 Å². The minimum atomic E-state index is -1.12. The van der Waals surface area contributed by atoms with Gasteiger partial charge in [-0.25, -0.2) is 4.39 Å². The quantitative estimate of drug-likeness (QED) is 0.235. The Morgan fingerprint density at radius 2 is 1.61 bits per heavy atom. The fourth-order valence-electron chi connectivity index (χ4n) is 9.89. The summed E-state index contributed by atoms with van der Waals surface area (Å²) in [5, 5.41) is 12.8. The normalized spacial score (nSPS) is 23.5. The van der Waals surface area contributed by atoms with E-state index in [0.29, 0.717) is 42.9 Å². The molecule has 14 nitrogen and oxygen atoms in total. The van der Waals surface area contributed by atoms with Crippen molar-refractivity contribution in [3.05, 3.63) is 91.6 Å². The zero-order chi connectivity index (χ0) is 43.0. The van der Waals surface area contributed by atoms with Crippen molar-refractivity contribution in [3.63, 3.8) is 0 Å². The molecule has 3 fully saturated rings. The number of anilines is 1. The van der Waals surface area contributed by atoms with Gasteiger partial charge in [0.2, 0.25) is 17.7 Å². The second-order valence-corrected chi connectivity index (χ2v) is 18.7. The summed E-state index contributed by atoms with van der Waals surface area (Å²) in [5.74, 6) is -1.37. The molecule has 2 aromatic carbocycles. The molecule has 17 heteroatoms. The number of aromatic nitrogens is 3. The van der Waals surface area contributed by atoms with E-state index in [-0.39, 0.29) is 54.1 Å². The van der Waals surface area contributed by atoms with Crippen molar-refractivity contribution in [1.82, 2.24) is 34.8 Å². The number of carbonyl (C=O) groups is 5. The van der Waals surface area contributed by atoms with Gasteiger partial charge in [0.05, 0.1) is 28.9 Å². The summed E-state index contributed by atoms with van der Waals surface area (Å²) in [6.45, 7) is 13.6. The monoisotopic (exact) mass is 867 g/mol. The molecule has 1 N–H and O–H groups in total. The van der Waals surface area contributed by atoms with Crippen LogP contribution in [0.2, 0.25) is 5.02 Å². The third kappa shape index (κ3) is 7.25. The summed E-state index contributed by atoms with van der Waals surface area (Å²) in [6, 6.07) is 8.32. The van der Waals surface area contributed by atoms with Gasteiger partial charge in [-0.1, -0.05) is 23.7 Å². The number of hydrogen-bond acceptors (Lipinski definition) is 11. The van der Waals surface area contributed by atoms with Crippen LogP contribution in [0.4, 0.5) is 10.1 Å². The van der Waals surface area contributed by atoms with Crippen LogP contribution in [0.25, 0.3) is 5.00 Å². The molecule has 2 aromatic heterocycles. The molecule has 318 valence electrons. The maximum atomic E-state index is 15.9. The van der Waals surface area contributed by atoms with Gasteiger partial charge < -0.3 is 9.80 Å². The van der Waals surface area contributed by atoms with Crippen molar-refractivity contribution < 1.29 is 28.4 Å². The largest absolute Gasteiger partial charge is 0.361 e. The number of nitrogens with zero attached hydrogens (tertiary/aromatic N) is 8. The Bertz CT molecular complexity index is 2520. The highest BCUT2D eigenvalue weighted by Gasteiger charge is 2.46. The summed E-state index contributed by atoms with van der Waals surface area (Å²) in [7, 11) is 0. The first-order valence-corrected chi connectivity index (χ1v) is 22.1. The average molecular weight is 868 g/mol. The van der Waals surface area contributed by atoms with Crippen LogP contribution in [0, 0.1) is 32.5 Å². The molecule has 3 unspecified atom stereocenters. The number of piperazine rings is 1. The molecule has 5 aliphatic rings. The van der Waals surface area contributed by atoms with Crippen LogP contribution in [-0.4, -0.2) is 116 Å². The summed E-state index contributed by atoms with van der Waals surface area (Å²) in [4.78, 5) is 78.8. The lowest BCUT2D eigenvalue weighted by molar-refractivity contribution is -0.136. The fraction of sp³-hybridized carbons (Fsp3) is 0.455. The van der Waals surface area contributed by atoms with E-state index in [1.54, 1.807) is 11.3 Å². The number of piperidine rings is 2. The molecule has 61 heavy (non-hydrogen) atoms. The number of rotatable bonds is 7. The number of thiophene rings is 1. The van der Waals surface area contributed by atoms with E-state index < -0.39 is 41.5 Å². The second-order valence-electron chi connectivity index (χ2n) is 17.1. The molecular weight excluding hydrogens is 821 g/mol. The second kappa shape index (κ2) is 15.9. The van der Waals surface area contributed by atoms with E-state index in [0.717, 1.165) is 63.6 Å². The number of benzene rings is 2. The third-order valence-corrected chi connectivity index (χ3v) is 14.4. The predicted octanol–water partition coefficient (Wildman–Crippen LogP) is 5.57. The number of likely N-dealkylation sites (tertiary alicyclic amines) is 1. The van der Waals surface area contributed by atoms with Crippen LogP contribution in [0.15, 0.2) is 41.4 Å². The smallest absolute Gasteiger partial charge is 0.262 e. The molecule has 4 aromatic rings. The highest BCUT2D eigenvalue weighted by Crippen LogP contribution is 2.41. The van der Waals surface area contributed by atoms with E-state index in [1.807, 2.05) is 54.8 Å². The molecule has 0 saturated carbocycles. The third-order valence-electron chi connectivity index (χ3n) is 13.0. The highest BCUT2D eigenvalue weighted by molar-refractivity contribution is 7.15. The molecular formula is C44H47ClFN9O5S. The minimum Gasteiger partial charge on any atom is -0.361 e. The predicted molar refractivity (Wildman–Crippen MR) is 228 cm³/mol. The molecule has 0 aliphatic carbocycles. The van der Waals surface area contributed by atoms with Gasteiger partial charge in [0.25, 0.3) is 11.8 Å². The summed E-state index contributed by atoms with van der Waals surface area (Å²) in [6.07, 6.45) is 1.90. The Labute approximate surface area is 361 Å². The van der Waals surface area contributed by atoms with Crippen molar-refractivity contribution in [2.45, 2.75) is 90.9 Å². The van der Waals surface area contributed by atoms with Crippen LogP contribution in [0.3, 0.4) is 0 Å². The zero-order valence-electron chi connectivity index (χ0n) is 34.7. The average Bonchev–Trinajstić information content (AvgIpc) is 3.78. The van der Waals surface area contributed by atoms with E-state index >= 15 is 4.39 Å². The number of imide groups is 2. The maximum Gasteiger partial charge on any atom is 0.262 e. The number of amides is 5. The molecule has 3 saturated heterocycles. The summed E-state index contributed by atoms with van der Waals surface area (Å²) < 4.78 is 17.9. The fourth-order valence-corrected chi connectivity index (χ4v) is 11.2. The van der Waals surface area contributed by atoms with Gasteiger partial charge in [-0.15, -0.1) is 21.5 Å². The summed E-state index contributed by atoms with van der Waals surface area (Å²) >= 11 is 7.96. The van der Waals surface area contributed by atoms with Crippen LogP contribution in [0.1, 0.15) is 106 Å². The first kappa shape index (κ1) is 41.1. The van der Waals surface area contributed by atoms with E-state index in [4.69, 9.17) is 16.6 Å². The van der Waals surface area contributed by atoms with Crippen molar-refractivity contribution >= 4 is 63.9 Å². The summed E-state index contributed by atoms with van der Waals surface area (Å²) in [5.41, 5.74) is 4.12. The molecule has 5 amide bonds. The molecule has 0 radical (unpaired) electrons. The Hall–Kier alpha value is -5.32. The van der Waals surface area contributed by atoms with Crippen molar-refractivity contribution in [2.75, 3.05) is 37.6 Å². The molecule has 7 heterocycles. The maximum absolute atomic E-state index is 15.9. The number of nitrogens with one attached hydrogen (secondary N) is 1. The molecule has 0 bridgehead atoms. The van der Waals surface area contributed by atoms with Gasteiger partial charge in [-0.05, 0) is 89.6 Å². The number of aliphatic imine (C=N–C) groups is 1. The van der Waals surface area contributed by atoms with Crippen molar-refractivity contribution in [3.8, 4) is 5.00 Å². The van der Waals surface area contributed by atoms with E-state index in [2.05, 4.69) is 38.8 Å². The number of halogens is 2.